The van der Waals surface area contributed by atoms with E-state index in [1.165, 1.54) is 199 Å². The van der Waals surface area contributed by atoms with Gasteiger partial charge in [0.25, 0.3) is 0 Å². The van der Waals surface area contributed by atoms with Gasteiger partial charge in [0, 0.05) is 19.3 Å². The van der Waals surface area contributed by atoms with Crippen molar-refractivity contribution in [2.24, 2.45) is 0 Å². The number of hydrogen-bond acceptors (Lipinski definition) is 6. The highest BCUT2D eigenvalue weighted by Crippen LogP contribution is 2.17. The van der Waals surface area contributed by atoms with Crippen molar-refractivity contribution in [2.75, 3.05) is 13.2 Å². The lowest BCUT2D eigenvalue weighted by Gasteiger charge is -2.18. The zero-order valence-electron chi connectivity index (χ0n) is 41.2. The van der Waals surface area contributed by atoms with Crippen LogP contribution in [0.1, 0.15) is 303 Å². The summed E-state index contributed by atoms with van der Waals surface area (Å²) >= 11 is 0. The van der Waals surface area contributed by atoms with Gasteiger partial charge in [-0.25, -0.2) is 0 Å². The fourth-order valence-corrected chi connectivity index (χ4v) is 8.13. The average Bonchev–Trinajstić information content (AvgIpc) is 3.26. The van der Waals surface area contributed by atoms with Gasteiger partial charge < -0.3 is 14.2 Å². The maximum absolute atomic E-state index is 12.8. The zero-order valence-corrected chi connectivity index (χ0v) is 41.2. The van der Waals surface area contributed by atoms with E-state index in [9.17, 15) is 14.4 Å². The van der Waals surface area contributed by atoms with Gasteiger partial charge in [-0.3, -0.25) is 14.4 Å². The van der Waals surface area contributed by atoms with Crippen LogP contribution in [0.3, 0.4) is 0 Å². The molecule has 6 nitrogen and oxygen atoms in total. The van der Waals surface area contributed by atoms with Crippen LogP contribution in [0, 0.1) is 0 Å². The first kappa shape index (κ1) is 59.1. The summed E-state index contributed by atoms with van der Waals surface area (Å²) in [5.74, 6) is -0.857. The fourth-order valence-electron chi connectivity index (χ4n) is 8.13. The topological polar surface area (TPSA) is 78.9 Å². The lowest BCUT2D eigenvalue weighted by Crippen LogP contribution is -2.30. The summed E-state index contributed by atoms with van der Waals surface area (Å²) in [5.41, 5.74) is 0. The molecule has 0 unspecified atom stereocenters. The predicted octanol–water partition coefficient (Wildman–Crippen LogP) is 17.8. The number of carbonyl (C=O) groups is 3. The molecule has 0 aromatic carbocycles. The number of allylic oxidation sites excluding steroid dienone is 2. The zero-order chi connectivity index (χ0) is 44.4. The van der Waals surface area contributed by atoms with Gasteiger partial charge in [0.05, 0.1) is 0 Å². The van der Waals surface area contributed by atoms with E-state index in [0.717, 1.165) is 64.2 Å². The Bertz CT molecular complexity index is 947. The third-order valence-corrected chi connectivity index (χ3v) is 12.3. The number of hydrogen-bond donors (Lipinski definition) is 0. The molecule has 0 radical (unpaired) electrons. The highest BCUT2D eigenvalue weighted by molar-refractivity contribution is 5.71. The van der Waals surface area contributed by atoms with Crippen molar-refractivity contribution in [3.8, 4) is 0 Å². The van der Waals surface area contributed by atoms with E-state index in [1.807, 2.05) is 0 Å². The van der Waals surface area contributed by atoms with Gasteiger partial charge in [-0.05, 0) is 38.5 Å². The first-order valence-electron chi connectivity index (χ1n) is 27.2. The molecule has 360 valence electrons. The summed E-state index contributed by atoms with van der Waals surface area (Å²) in [5, 5.41) is 0. The number of esters is 3. The molecule has 0 bridgehead atoms. The Labute approximate surface area is 380 Å². The minimum absolute atomic E-state index is 0.0669. The monoisotopic (exact) mass is 861 g/mol. The molecule has 0 aliphatic carbocycles. The third kappa shape index (κ3) is 49.0. The standard InChI is InChI=1S/C55H104O6/c1-4-7-10-13-16-19-22-24-26-27-29-31-34-37-40-43-46-49-55(58)61-52(50-59-53(56)47-44-41-38-35-32-21-18-15-12-9-6-3)51-60-54(57)48-45-42-39-36-33-30-28-25-23-20-17-14-11-8-5-2/h15,18,52H,4-14,16-17,19-51H2,1-3H3/b18-15-/t52-/m1/s1. The number of unbranched alkanes of at least 4 members (excludes halogenated alkanes) is 37. The van der Waals surface area contributed by atoms with E-state index in [2.05, 4.69) is 32.9 Å². The van der Waals surface area contributed by atoms with Crippen molar-refractivity contribution < 1.29 is 28.6 Å². The quantitative estimate of drug-likeness (QED) is 0.0262. The van der Waals surface area contributed by atoms with Gasteiger partial charge in [0.2, 0.25) is 0 Å². The Morgan fingerprint density at radius 1 is 0.311 bits per heavy atom. The SMILES string of the molecule is CCCC/C=C\CCCCCCCC(=O)OC[C@H](COC(=O)CCCCCCCCCCCCCCCCC)OC(=O)CCCCCCCCCCCCCCCCCCC. The van der Waals surface area contributed by atoms with Crippen molar-refractivity contribution in [3.63, 3.8) is 0 Å². The van der Waals surface area contributed by atoms with E-state index in [0.29, 0.717) is 19.3 Å². The van der Waals surface area contributed by atoms with Gasteiger partial charge in [-0.2, -0.15) is 0 Å². The minimum Gasteiger partial charge on any atom is -0.462 e. The molecule has 6 heteroatoms. The Hall–Kier alpha value is -1.85. The van der Waals surface area contributed by atoms with E-state index >= 15 is 0 Å². The molecular weight excluding hydrogens is 757 g/mol. The van der Waals surface area contributed by atoms with Gasteiger partial charge in [-0.15, -0.1) is 0 Å². The smallest absolute Gasteiger partial charge is 0.306 e. The fraction of sp³-hybridized carbons (Fsp3) is 0.909. The minimum atomic E-state index is -0.766. The maximum Gasteiger partial charge on any atom is 0.306 e. The third-order valence-electron chi connectivity index (χ3n) is 12.3. The lowest BCUT2D eigenvalue weighted by atomic mass is 10.0. The molecule has 61 heavy (non-hydrogen) atoms. The molecule has 1 atom stereocenters. The molecule has 0 rings (SSSR count). The molecule has 0 saturated heterocycles. The number of rotatable bonds is 50. The largest absolute Gasteiger partial charge is 0.462 e. The van der Waals surface area contributed by atoms with Crippen LogP contribution >= 0.6 is 0 Å². The van der Waals surface area contributed by atoms with Gasteiger partial charge in [0.1, 0.15) is 13.2 Å². The van der Waals surface area contributed by atoms with Gasteiger partial charge in [0.15, 0.2) is 6.10 Å². The predicted molar refractivity (Wildman–Crippen MR) is 261 cm³/mol. The van der Waals surface area contributed by atoms with E-state index in [-0.39, 0.29) is 31.1 Å². The van der Waals surface area contributed by atoms with Crippen LogP contribution in [0.5, 0.6) is 0 Å². The van der Waals surface area contributed by atoms with Crippen molar-refractivity contribution in [1.29, 1.82) is 0 Å². The molecule has 0 aromatic heterocycles. The first-order valence-corrected chi connectivity index (χ1v) is 27.2. The van der Waals surface area contributed by atoms with Gasteiger partial charge >= 0.3 is 17.9 Å². The van der Waals surface area contributed by atoms with Crippen LogP contribution in [-0.2, 0) is 28.6 Å². The van der Waals surface area contributed by atoms with Crippen LogP contribution in [0.25, 0.3) is 0 Å². The second kappa shape index (κ2) is 50.8. The maximum atomic E-state index is 12.8. The van der Waals surface area contributed by atoms with E-state index in [4.69, 9.17) is 14.2 Å². The molecule has 0 aliphatic rings. The van der Waals surface area contributed by atoms with Crippen molar-refractivity contribution in [1.82, 2.24) is 0 Å². The van der Waals surface area contributed by atoms with E-state index < -0.39 is 6.10 Å². The molecule has 0 aliphatic heterocycles. The highest BCUT2D eigenvalue weighted by Gasteiger charge is 2.19. The van der Waals surface area contributed by atoms with E-state index in [1.54, 1.807) is 0 Å². The van der Waals surface area contributed by atoms with Crippen LogP contribution in [0.2, 0.25) is 0 Å². The highest BCUT2D eigenvalue weighted by atomic mass is 16.6. The van der Waals surface area contributed by atoms with Crippen molar-refractivity contribution >= 4 is 17.9 Å². The summed E-state index contributed by atoms with van der Waals surface area (Å²) in [4.78, 5) is 38.0. The van der Waals surface area contributed by atoms with Crippen LogP contribution in [-0.4, -0.2) is 37.2 Å². The second-order valence-corrected chi connectivity index (χ2v) is 18.5. The summed E-state index contributed by atoms with van der Waals surface area (Å²) in [7, 11) is 0. The summed E-state index contributed by atoms with van der Waals surface area (Å²) in [6.45, 7) is 6.64. The molecule has 0 fully saturated rings. The normalized spacial score (nSPS) is 12.0. The summed E-state index contributed by atoms with van der Waals surface area (Å²) in [6.07, 6.45) is 56.2. The second-order valence-electron chi connectivity index (χ2n) is 18.5. The van der Waals surface area contributed by atoms with Crippen molar-refractivity contribution in [3.05, 3.63) is 12.2 Å². The molecule has 0 amide bonds. The summed E-state index contributed by atoms with van der Waals surface area (Å²) in [6, 6.07) is 0. The number of carbonyl (C=O) groups excluding carboxylic acids is 3. The average molecular weight is 861 g/mol. The molecular formula is C55H104O6. The Morgan fingerprint density at radius 2 is 0.557 bits per heavy atom. The molecule has 0 saturated carbocycles. The van der Waals surface area contributed by atoms with Crippen LogP contribution in [0.15, 0.2) is 12.2 Å². The molecule has 0 aromatic rings. The molecule has 0 N–H and O–H groups in total. The van der Waals surface area contributed by atoms with Crippen molar-refractivity contribution in [2.45, 2.75) is 309 Å². The molecule has 0 spiro atoms. The molecule has 0 heterocycles. The van der Waals surface area contributed by atoms with Crippen LogP contribution in [0.4, 0.5) is 0 Å². The lowest BCUT2D eigenvalue weighted by molar-refractivity contribution is -0.167. The Balaban J connectivity index is 4.29. The van der Waals surface area contributed by atoms with Gasteiger partial charge in [-0.1, -0.05) is 258 Å². The Morgan fingerprint density at radius 3 is 0.869 bits per heavy atom. The van der Waals surface area contributed by atoms with Crippen LogP contribution < -0.4 is 0 Å². The number of ether oxygens (including phenoxy) is 3. The Kier molecular flexibility index (Phi) is 49.3. The first-order chi connectivity index (χ1) is 30.0. The summed E-state index contributed by atoms with van der Waals surface area (Å²) < 4.78 is 16.8.